The van der Waals surface area contributed by atoms with Gasteiger partial charge in [0.15, 0.2) is 0 Å². The summed E-state index contributed by atoms with van der Waals surface area (Å²) >= 11 is 0. The Labute approximate surface area is 126 Å². The van der Waals surface area contributed by atoms with Crippen LogP contribution in [0.3, 0.4) is 0 Å². The second-order valence-corrected chi connectivity index (χ2v) is 8.39. The van der Waals surface area contributed by atoms with Crippen LogP contribution in [0.15, 0.2) is 30.3 Å². The van der Waals surface area contributed by atoms with Gasteiger partial charge in [0.25, 0.3) is 0 Å². The SMILES string of the molecule is CC(C)(CCS(=N)(=O)CC[C@H](N)C(=O)O)c1ccccc1. The topological polar surface area (TPSA) is 104 Å². The zero-order chi connectivity index (χ0) is 16.1. The molecule has 0 heterocycles. The van der Waals surface area contributed by atoms with E-state index in [0.717, 1.165) is 5.56 Å². The van der Waals surface area contributed by atoms with Crippen molar-refractivity contribution in [3.8, 4) is 0 Å². The average molecular weight is 312 g/mol. The van der Waals surface area contributed by atoms with Crippen molar-refractivity contribution in [3.05, 3.63) is 35.9 Å². The summed E-state index contributed by atoms with van der Waals surface area (Å²) in [7, 11) is -2.79. The smallest absolute Gasteiger partial charge is 0.320 e. The third-order valence-corrected chi connectivity index (χ3v) is 5.45. The van der Waals surface area contributed by atoms with Gasteiger partial charge < -0.3 is 10.8 Å². The number of carboxylic acids is 1. The first-order valence-corrected chi connectivity index (χ1v) is 8.82. The number of hydrogen-bond donors (Lipinski definition) is 3. The maximum absolute atomic E-state index is 12.2. The van der Waals surface area contributed by atoms with Crippen LogP contribution in [0, 0.1) is 4.78 Å². The van der Waals surface area contributed by atoms with E-state index >= 15 is 0 Å². The molecule has 0 saturated carbocycles. The molecule has 4 N–H and O–H groups in total. The number of nitrogens with one attached hydrogen (secondary N) is 1. The molecule has 0 saturated heterocycles. The van der Waals surface area contributed by atoms with E-state index in [1.807, 2.05) is 30.3 Å². The van der Waals surface area contributed by atoms with Gasteiger partial charge in [0.05, 0.1) is 0 Å². The van der Waals surface area contributed by atoms with E-state index < -0.39 is 21.7 Å². The van der Waals surface area contributed by atoms with Crippen LogP contribution in [-0.4, -0.2) is 32.8 Å². The van der Waals surface area contributed by atoms with Crippen molar-refractivity contribution in [3.63, 3.8) is 0 Å². The summed E-state index contributed by atoms with van der Waals surface area (Å²) in [5.74, 6) is -0.832. The lowest BCUT2D eigenvalue weighted by atomic mass is 9.82. The second-order valence-electron chi connectivity index (χ2n) is 5.95. The first-order valence-electron chi connectivity index (χ1n) is 6.92. The molecule has 0 aliphatic heterocycles. The number of carboxylic acid groups (broad SMARTS) is 1. The molecule has 0 aliphatic carbocycles. The number of hydrogen-bond acceptors (Lipinski definition) is 4. The van der Waals surface area contributed by atoms with Gasteiger partial charge in [-0.05, 0) is 23.8 Å². The van der Waals surface area contributed by atoms with Crippen LogP contribution >= 0.6 is 0 Å². The van der Waals surface area contributed by atoms with Crippen molar-refractivity contribution in [2.45, 2.75) is 38.1 Å². The van der Waals surface area contributed by atoms with Crippen molar-refractivity contribution >= 4 is 15.7 Å². The summed E-state index contributed by atoms with van der Waals surface area (Å²) in [5, 5.41) is 8.71. The van der Waals surface area contributed by atoms with Gasteiger partial charge in [-0.2, -0.15) is 0 Å². The van der Waals surface area contributed by atoms with Gasteiger partial charge >= 0.3 is 5.97 Å². The molecule has 0 amide bonds. The minimum absolute atomic E-state index is 0.0331. The highest BCUT2D eigenvalue weighted by molar-refractivity contribution is 7.92. The van der Waals surface area contributed by atoms with Gasteiger partial charge in [0, 0.05) is 21.2 Å². The number of rotatable bonds is 8. The molecule has 21 heavy (non-hydrogen) atoms. The zero-order valence-corrected chi connectivity index (χ0v) is 13.4. The largest absolute Gasteiger partial charge is 0.480 e. The number of carbonyl (C=O) groups is 1. The quantitative estimate of drug-likeness (QED) is 0.684. The molecule has 0 aliphatic rings. The van der Waals surface area contributed by atoms with Crippen molar-refractivity contribution < 1.29 is 14.1 Å². The first kappa shape index (κ1) is 17.7. The zero-order valence-electron chi connectivity index (χ0n) is 12.5. The minimum Gasteiger partial charge on any atom is -0.480 e. The van der Waals surface area contributed by atoms with Gasteiger partial charge in [-0.1, -0.05) is 44.2 Å². The van der Waals surface area contributed by atoms with E-state index in [1.165, 1.54) is 0 Å². The minimum atomic E-state index is -2.79. The predicted molar refractivity (Wildman–Crippen MR) is 84.9 cm³/mol. The summed E-state index contributed by atoms with van der Waals surface area (Å²) in [6.45, 7) is 4.11. The van der Waals surface area contributed by atoms with E-state index in [-0.39, 0.29) is 23.3 Å². The Bertz CT molecular complexity index is 568. The molecule has 0 aromatic heterocycles. The Kier molecular flexibility index (Phi) is 5.92. The fourth-order valence-corrected chi connectivity index (χ4v) is 3.68. The summed E-state index contributed by atoms with van der Waals surface area (Å²) in [4.78, 5) is 10.6. The van der Waals surface area contributed by atoms with Crippen LogP contribution in [-0.2, 0) is 19.9 Å². The maximum Gasteiger partial charge on any atom is 0.320 e. The Morgan fingerprint density at radius 1 is 1.33 bits per heavy atom. The standard InChI is InChI=1S/C15H24N2O3S/c1-15(2,12-6-4-3-5-7-12)9-11-21(17,20)10-8-13(16)14(18)19/h3-7,13,17H,8-11,16H2,1-2H3,(H,18,19)/t13-,21?/m0/s1. The average Bonchev–Trinajstić information content (AvgIpc) is 2.44. The normalized spacial score (nSPS) is 16.1. The molecule has 1 rings (SSSR count). The highest BCUT2D eigenvalue weighted by Crippen LogP contribution is 2.27. The molecule has 1 aromatic carbocycles. The van der Waals surface area contributed by atoms with Crippen LogP contribution in [0.2, 0.25) is 0 Å². The van der Waals surface area contributed by atoms with Crippen LogP contribution < -0.4 is 5.73 Å². The van der Waals surface area contributed by atoms with E-state index in [4.69, 9.17) is 15.6 Å². The van der Waals surface area contributed by atoms with Crippen LogP contribution in [0.4, 0.5) is 0 Å². The maximum atomic E-state index is 12.2. The highest BCUT2D eigenvalue weighted by Gasteiger charge is 2.23. The summed E-state index contributed by atoms with van der Waals surface area (Å²) in [5.41, 5.74) is 6.36. The molecule has 0 radical (unpaired) electrons. The van der Waals surface area contributed by atoms with Gasteiger partial charge in [-0.25, -0.2) is 4.21 Å². The third kappa shape index (κ3) is 5.85. The number of nitrogens with two attached hydrogens (primary N) is 1. The molecule has 118 valence electrons. The Morgan fingerprint density at radius 3 is 2.43 bits per heavy atom. The van der Waals surface area contributed by atoms with Gasteiger partial charge in [-0.15, -0.1) is 0 Å². The Balaban J connectivity index is 2.59. The van der Waals surface area contributed by atoms with Gasteiger partial charge in [0.2, 0.25) is 0 Å². The van der Waals surface area contributed by atoms with E-state index in [0.29, 0.717) is 6.42 Å². The van der Waals surface area contributed by atoms with E-state index in [1.54, 1.807) is 0 Å². The molecular weight excluding hydrogens is 288 g/mol. The van der Waals surface area contributed by atoms with Crippen molar-refractivity contribution in [2.24, 2.45) is 5.73 Å². The lowest BCUT2D eigenvalue weighted by molar-refractivity contribution is -0.138. The second kappa shape index (κ2) is 7.04. The molecule has 5 nitrogen and oxygen atoms in total. The molecule has 6 heteroatoms. The van der Waals surface area contributed by atoms with Gasteiger partial charge in [0.1, 0.15) is 6.04 Å². The van der Waals surface area contributed by atoms with Crippen LogP contribution in [0.1, 0.15) is 32.3 Å². The number of benzene rings is 1. The highest BCUT2D eigenvalue weighted by atomic mass is 32.2. The van der Waals surface area contributed by atoms with Crippen LogP contribution in [0.5, 0.6) is 0 Å². The molecule has 0 fully saturated rings. The molecule has 1 aromatic rings. The van der Waals surface area contributed by atoms with Crippen molar-refractivity contribution in [2.75, 3.05) is 11.5 Å². The summed E-state index contributed by atoms with van der Waals surface area (Å²) in [6, 6.07) is 8.86. The van der Waals surface area contributed by atoms with Crippen molar-refractivity contribution in [1.82, 2.24) is 0 Å². The monoisotopic (exact) mass is 312 g/mol. The van der Waals surface area contributed by atoms with Gasteiger partial charge in [-0.3, -0.25) is 9.57 Å². The third-order valence-electron chi connectivity index (χ3n) is 3.69. The molecule has 0 bridgehead atoms. The predicted octanol–water partition coefficient (Wildman–Crippen LogP) is 2.20. The fraction of sp³-hybridized carbons (Fsp3) is 0.533. The lowest BCUT2D eigenvalue weighted by Gasteiger charge is -2.25. The first-order chi connectivity index (χ1) is 9.64. The Hall–Kier alpha value is -1.40. The summed E-state index contributed by atoms with van der Waals surface area (Å²) in [6.07, 6.45) is 0.686. The van der Waals surface area contributed by atoms with E-state index in [9.17, 15) is 9.00 Å². The lowest BCUT2D eigenvalue weighted by Crippen LogP contribution is -2.32. The molecule has 2 atom stereocenters. The van der Waals surface area contributed by atoms with Crippen molar-refractivity contribution in [1.29, 1.82) is 4.78 Å². The molecule has 0 spiro atoms. The molecule has 1 unspecified atom stereocenters. The molecular formula is C15H24N2O3S. The Morgan fingerprint density at radius 2 is 1.90 bits per heavy atom. The van der Waals surface area contributed by atoms with E-state index in [2.05, 4.69) is 13.8 Å². The number of aliphatic carboxylic acids is 1. The fourth-order valence-electron chi connectivity index (χ4n) is 2.00. The summed E-state index contributed by atoms with van der Waals surface area (Å²) < 4.78 is 20.1. The van der Waals surface area contributed by atoms with Crippen LogP contribution in [0.25, 0.3) is 0 Å².